The van der Waals surface area contributed by atoms with E-state index in [1.54, 1.807) is 12.1 Å². The lowest BCUT2D eigenvalue weighted by Crippen LogP contribution is -2.16. The van der Waals surface area contributed by atoms with Crippen molar-refractivity contribution >= 4 is 66.4 Å². The molecular formula is C82H78F2N2. The van der Waals surface area contributed by atoms with Crippen molar-refractivity contribution < 1.29 is 8.78 Å². The first-order chi connectivity index (χ1) is 40.8. The first-order valence-electron chi connectivity index (χ1n) is 30.4. The molecule has 2 nitrogen and oxygen atoms in total. The Kier molecular flexibility index (Phi) is 14.4. The van der Waals surface area contributed by atoms with Crippen LogP contribution in [0.3, 0.4) is 0 Å². The Balaban J connectivity index is 1.11. The van der Waals surface area contributed by atoms with Crippen molar-refractivity contribution in [2.45, 2.75) is 119 Å². The monoisotopic (exact) mass is 1130 g/mol. The van der Waals surface area contributed by atoms with Crippen LogP contribution in [0.2, 0.25) is 0 Å². The van der Waals surface area contributed by atoms with Crippen LogP contribution in [0, 0.1) is 25.5 Å². The molecule has 0 radical (unpaired) electrons. The molecule has 0 spiro atoms. The molecule has 0 N–H and O–H groups in total. The number of benzene rings is 12. The summed E-state index contributed by atoms with van der Waals surface area (Å²) in [5.41, 5.74) is 17.9. The maximum Gasteiger partial charge on any atom is 0.148 e. The third-order valence-corrected chi connectivity index (χ3v) is 17.7. The van der Waals surface area contributed by atoms with Crippen molar-refractivity contribution in [3.63, 3.8) is 0 Å². The number of para-hydroxylation sites is 2. The SMILES string of the molecule is Cc1ccccc1N(c1c(F)cc(-c2ccc(C(C)(C)C)cc2)cc1-c1ccc(C(C)(C)C)cc1)c1ccc2ccc3c(N(c4ccccc4C)c4c(F)cc(-c5ccc(C(C)(C)C)cc5)cc4-c4ccc(C(C)(C)C)cc4)ccc4ccc1c2c43. The van der Waals surface area contributed by atoms with Gasteiger partial charge in [-0.05, 0) is 172 Å². The third kappa shape index (κ3) is 10.6. The smallest absolute Gasteiger partial charge is 0.148 e. The van der Waals surface area contributed by atoms with Gasteiger partial charge in [-0.2, -0.15) is 0 Å². The quantitative estimate of drug-likeness (QED) is 0.126. The topological polar surface area (TPSA) is 6.48 Å². The van der Waals surface area contributed by atoms with Crippen molar-refractivity contribution in [2.24, 2.45) is 0 Å². The Morgan fingerprint density at radius 3 is 0.872 bits per heavy atom. The average molecular weight is 1130 g/mol. The van der Waals surface area contributed by atoms with Gasteiger partial charge >= 0.3 is 0 Å². The summed E-state index contributed by atoms with van der Waals surface area (Å²) in [4.78, 5) is 4.31. The highest BCUT2D eigenvalue weighted by Gasteiger charge is 2.30. The predicted molar refractivity (Wildman–Crippen MR) is 365 cm³/mol. The molecule has 86 heavy (non-hydrogen) atoms. The van der Waals surface area contributed by atoms with E-state index in [9.17, 15) is 0 Å². The fourth-order valence-corrected chi connectivity index (χ4v) is 12.6. The summed E-state index contributed by atoms with van der Waals surface area (Å²) in [5.74, 6) is -0.664. The fourth-order valence-electron chi connectivity index (χ4n) is 12.6. The Morgan fingerprint density at radius 2 is 0.570 bits per heavy atom. The predicted octanol–water partition coefficient (Wildman–Crippen LogP) is 24.3. The molecule has 0 heterocycles. The Bertz CT molecular complexity index is 4210. The van der Waals surface area contributed by atoms with Crippen molar-refractivity contribution in [3.05, 3.63) is 263 Å². The second-order valence-electron chi connectivity index (χ2n) is 27.9. The Labute approximate surface area is 508 Å². The lowest BCUT2D eigenvalue weighted by atomic mass is 9.85. The van der Waals surface area contributed by atoms with E-state index in [1.807, 2.05) is 24.3 Å². The molecule has 0 amide bonds. The minimum Gasteiger partial charge on any atom is -0.306 e. The van der Waals surface area contributed by atoms with Gasteiger partial charge in [-0.25, -0.2) is 8.78 Å². The molecule has 0 fully saturated rings. The van der Waals surface area contributed by atoms with Crippen molar-refractivity contribution in [3.8, 4) is 44.5 Å². The molecule has 4 heteroatoms. The minimum absolute atomic E-state index is 0.0302. The van der Waals surface area contributed by atoms with Crippen molar-refractivity contribution in [1.29, 1.82) is 0 Å². The van der Waals surface area contributed by atoms with Gasteiger partial charge in [-0.3, -0.25) is 0 Å². The maximum atomic E-state index is 18.4. The van der Waals surface area contributed by atoms with Gasteiger partial charge < -0.3 is 9.80 Å². The summed E-state index contributed by atoms with van der Waals surface area (Å²) in [6, 6.07) is 76.3. The molecule has 12 aromatic carbocycles. The van der Waals surface area contributed by atoms with Crippen LogP contribution in [-0.4, -0.2) is 0 Å². The first-order valence-corrected chi connectivity index (χ1v) is 30.4. The van der Waals surface area contributed by atoms with Gasteiger partial charge in [-0.1, -0.05) is 253 Å². The van der Waals surface area contributed by atoms with Gasteiger partial charge in [0.05, 0.1) is 22.7 Å². The molecule has 0 aliphatic rings. The molecule has 0 saturated carbocycles. The fraction of sp³-hybridized carbons (Fsp3) is 0.220. The largest absolute Gasteiger partial charge is 0.306 e. The molecule has 0 saturated heterocycles. The normalized spacial score (nSPS) is 12.4. The maximum absolute atomic E-state index is 18.4. The summed E-state index contributed by atoms with van der Waals surface area (Å²) in [5, 5.41) is 6.11. The van der Waals surface area contributed by atoms with E-state index in [2.05, 4.69) is 289 Å². The van der Waals surface area contributed by atoms with Gasteiger partial charge in [0, 0.05) is 33.3 Å². The summed E-state index contributed by atoms with van der Waals surface area (Å²) in [6.07, 6.45) is 0. The summed E-state index contributed by atoms with van der Waals surface area (Å²) < 4.78 is 36.9. The molecule has 430 valence electrons. The first kappa shape index (κ1) is 57.6. The van der Waals surface area contributed by atoms with Gasteiger partial charge in [-0.15, -0.1) is 0 Å². The zero-order valence-corrected chi connectivity index (χ0v) is 52.4. The van der Waals surface area contributed by atoms with Crippen LogP contribution in [0.5, 0.6) is 0 Å². The van der Waals surface area contributed by atoms with E-state index in [1.165, 1.54) is 22.3 Å². The van der Waals surface area contributed by atoms with Gasteiger partial charge in [0.25, 0.3) is 0 Å². The number of halogens is 2. The molecular weight excluding hydrogens is 1050 g/mol. The van der Waals surface area contributed by atoms with Crippen LogP contribution in [0.4, 0.5) is 42.9 Å². The van der Waals surface area contributed by atoms with Gasteiger partial charge in [0.2, 0.25) is 0 Å². The second-order valence-corrected chi connectivity index (χ2v) is 27.9. The Morgan fingerprint density at radius 1 is 0.279 bits per heavy atom. The highest BCUT2D eigenvalue weighted by Crippen LogP contribution is 2.53. The zero-order valence-electron chi connectivity index (χ0n) is 52.4. The van der Waals surface area contributed by atoms with Crippen molar-refractivity contribution in [2.75, 3.05) is 9.80 Å². The van der Waals surface area contributed by atoms with E-state index in [0.29, 0.717) is 11.4 Å². The molecule has 0 atom stereocenters. The molecule has 0 unspecified atom stereocenters. The number of anilines is 6. The number of aryl methyl sites for hydroxylation is 2. The lowest BCUT2D eigenvalue weighted by Gasteiger charge is -2.32. The van der Waals surface area contributed by atoms with Crippen molar-refractivity contribution in [1.82, 2.24) is 0 Å². The molecule has 0 bridgehead atoms. The van der Waals surface area contributed by atoms with Crippen LogP contribution in [0.25, 0.3) is 76.8 Å². The Hall–Kier alpha value is -8.86. The van der Waals surface area contributed by atoms with Gasteiger partial charge in [0.1, 0.15) is 11.6 Å². The molecule has 12 rings (SSSR count). The van der Waals surface area contributed by atoms with E-state index < -0.39 is 0 Å². The van der Waals surface area contributed by atoms with Gasteiger partial charge in [0.15, 0.2) is 0 Å². The number of rotatable bonds is 10. The highest BCUT2D eigenvalue weighted by atomic mass is 19.1. The summed E-state index contributed by atoms with van der Waals surface area (Å²) in [6.45, 7) is 30.8. The molecule has 0 aliphatic carbocycles. The number of nitrogens with zero attached hydrogens (tertiary/aromatic N) is 2. The minimum atomic E-state index is -0.332. The highest BCUT2D eigenvalue weighted by molar-refractivity contribution is 6.28. The average Bonchev–Trinajstić information content (AvgIpc) is 0.855. The van der Waals surface area contributed by atoms with Crippen LogP contribution >= 0.6 is 0 Å². The molecule has 0 aromatic heterocycles. The summed E-state index contributed by atoms with van der Waals surface area (Å²) >= 11 is 0. The van der Waals surface area contributed by atoms with E-state index >= 15 is 8.78 Å². The van der Waals surface area contributed by atoms with Crippen LogP contribution in [-0.2, 0) is 21.7 Å². The van der Waals surface area contributed by atoms with Crippen LogP contribution in [0.15, 0.2) is 218 Å². The second kappa shape index (κ2) is 21.6. The molecule has 0 aliphatic heterocycles. The standard InChI is InChI=1S/C82H78F2N2/c1-51-19-15-17-21-71(51)85(77-67(55-27-39-63(40-28-55)81(9,10)11)47-59(49-69(77)83)53-23-35-61(36-24-53)79(3,4)5)73-45-33-57-32-44-66-74(46-34-58-31-43-65(73)75(57)76(58)66)86(72-22-18-16-20-52(72)2)78-68(56-29-41-64(42-30-56)82(12,13)14)48-60(50-70(78)84)54-25-37-62(38-26-54)80(6,7)8/h15-50H,1-14H3. The van der Waals surface area contributed by atoms with Crippen LogP contribution in [0.1, 0.15) is 116 Å². The van der Waals surface area contributed by atoms with Crippen LogP contribution < -0.4 is 9.80 Å². The van der Waals surface area contributed by atoms with E-state index in [0.717, 1.165) is 111 Å². The third-order valence-electron chi connectivity index (χ3n) is 17.7. The van der Waals surface area contributed by atoms with E-state index in [-0.39, 0.29) is 33.3 Å². The number of hydrogen-bond donors (Lipinski definition) is 0. The zero-order chi connectivity index (χ0) is 60.8. The lowest BCUT2D eigenvalue weighted by molar-refractivity contribution is 0.590. The number of hydrogen-bond acceptors (Lipinski definition) is 2. The molecule has 12 aromatic rings. The summed E-state index contributed by atoms with van der Waals surface area (Å²) in [7, 11) is 0. The van der Waals surface area contributed by atoms with E-state index in [4.69, 9.17) is 0 Å².